The molecule has 0 fully saturated rings. The summed E-state index contributed by atoms with van der Waals surface area (Å²) < 4.78 is 0. The lowest BCUT2D eigenvalue weighted by molar-refractivity contribution is -0.136. The average Bonchev–Trinajstić information content (AvgIpc) is 2.46. The summed E-state index contributed by atoms with van der Waals surface area (Å²) in [4.78, 5) is 23.7. The number of carboxylic acids is 2. The molecular weight excluding hydrogens is 270 g/mol. The highest BCUT2D eigenvalue weighted by Crippen LogP contribution is 2.18. The SMILES string of the molecule is CCCCCCN(CCC(=O)O)c1cccc(C(=O)O)c1. The van der Waals surface area contributed by atoms with Crippen LogP contribution in [0, 0.1) is 0 Å². The molecule has 0 aliphatic heterocycles. The van der Waals surface area contributed by atoms with E-state index < -0.39 is 11.9 Å². The highest BCUT2D eigenvalue weighted by molar-refractivity contribution is 5.88. The van der Waals surface area contributed by atoms with Gasteiger partial charge in [0.1, 0.15) is 0 Å². The van der Waals surface area contributed by atoms with Gasteiger partial charge in [-0.15, -0.1) is 0 Å². The Bertz CT molecular complexity index is 473. The van der Waals surface area contributed by atoms with Crippen molar-refractivity contribution in [3.8, 4) is 0 Å². The van der Waals surface area contributed by atoms with E-state index in [2.05, 4.69) is 6.92 Å². The lowest BCUT2D eigenvalue weighted by atomic mass is 10.1. The van der Waals surface area contributed by atoms with Crippen LogP contribution in [0.1, 0.15) is 49.4 Å². The summed E-state index contributed by atoms with van der Waals surface area (Å²) in [6, 6.07) is 6.66. The van der Waals surface area contributed by atoms with Crippen LogP contribution in [0.2, 0.25) is 0 Å². The smallest absolute Gasteiger partial charge is 0.335 e. The Labute approximate surface area is 125 Å². The van der Waals surface area contributed by atoms with Crippen molar-refractivity contribution in [3.63, 3.8) is 0 Å². The fraction of sp³-hybridized carbons (Fsp3) is 0.500. The minimum Gasteiger partial charge on any atom is -0.481 e. The number of anilines is 1. The van der Waals surface area contributed by atoms with Crippen LogP contribution < -0.4 is 4.90 Å². The van der Waals surface area contributed by atoms with Crippen molar-refractivity contribution in [2.45, 2.75) is 39.0 Å². The third-order valence-electron chi connectivity index (χ3n) is 3.34. The summed E-state index contributed by atoms with van der Waals surface area (Å²) in [5, 5.41) is 17.9. The van der Waals surface area contributed by atoms with Crippen LogP contribution in [0.3, 0.4) is 0 Å². The van der Waals surface area contributed by atoms with Crippen LogP contribution in [0.4, 0.5) is 5.69 Å². The van der Waals surface area contributed by atoms with E-state index in [1.54, 1.807) is 12.1 Å². The second-order valence-corrected chi connectivity index (χ2v) is 5.05. The Hall–Kier alpha value is -2.04. The first-order valence-electron chi connectivity index (χ1n) is 7.34. The van der Waals surface area contributed by atoms with Crippen molar-refractivity contribution in [2.24, 2.45) is 0 Å². The van der Waals surface area contributed by atoms with Crippen molar-refractivity contribution in [2.75, 3.05) is 18.0 Å². The maximum atomic E-state index is 11.0. The number of carboxylic acid groups (broad SMARTS) is 2. The monoisotopic (exact) mass is 293 g/mol. The fourth-order valence-corrected chi connectivity index (χ4v) is 2.17. The van der Waals surface area contributed by atoms with Gasteiger partial charge in [0.2, 0.25) is 0 Å². The maximum absolute atomic E-state index is 11.0. The van der Waals surface area contributed by atoms with E-state index in [1.807, 2.05) is 11.0 Å². The number of hydrogen-bond acceptors (Lipinski definition) is 3. The molecule has 0 heterocycles. The number of unbranched alkanes of at least 4 members (excludes halogenated alkanes) is 3. The quantitative estimate of drug-likeness (QED) is 0.647. The van der Waals surface area contributed by atoms with Gasteiger partial charge in [-0.2, -0.15) is 0 Å². The molecule has 1 aromatic rings. The molecule has 0 unspecified atom stereocenters. The molecule has 1 aromatic carbocycles. The first-order chi connectivity index (χ1) is 10.0. The number of carbonyl (C=O) groups is 2. The van der Waals surface area contributed by atoms with Gasteiger partial charge in [0.15, 0.2) is 0 Å². The second-order valence-electron chi connectivity index (χ2n) is 5.05. The molecule has 0 aromatic heterocycles. The van der Waals surface area contributed by atoms with Crippen molar-refractivity contribution in [3.05, 3.63) is 29.8 Å². The van der Waals surface area contributed by atoms with E-state index in [9.17, 15) is 9.59 Å². The predicted octanol–water partition coefficient (Wildman–Crippen LogP) is 3.25. The van der Waals surface area contributed by atoms with Crippen LogP contribution in [-0.2, 0) is 4.79 Å². The molecule has 0 atom stereocenters. The number of aromatic carboxylic acids is 1. The van der Waals surface area contributed by atoms with Crippen molar-refractivity contribution in [1.82, 2.24) is 0 Å². The molecule has 5 nitrogen and oxygen atoms in total. The summed E-state index contributed by atoms with van der Waals surface area (Å²) >= 11 is 0. The summed E-state index contributed by atoms with van der Waals surface area (Å²) in [5.41, 5.74) is 0.994. The molecule has 0 aliphatic rings. The van der Waals surface area contributed by atoms with Gasteiger partial charge in [0.05, 0.1) is 12.0 Å². The second kappa shape index (κ2) is 9.00. The van der Waals surface area contributed by atoms with Gasteiger partial charge in [-0.25, -0.2) is 4.79 Å². The van der Waals surface area contributed by atoms with E-state index in [4.69, 9.17) is 10.2 Å². The van der Waals surface area contributed by atoms with Gasteiger partial charge in [-0.1, -0.05) is 32.3 Å². The number of benzene rings is 1. The minimum absolute atomic E-state index is 0.0467. The standard InChI is InChI=1S/C16H23NO4/c1-2-3-4-5-10-17(11-9-15(18)19)14-8-6-7-13(12-14)16(20)21/h6-8,12H,2-5,9-11H2,1H3,(H,18,19)(H,20,21). The molecule has 0 spiro atoms. The zero-order valence-electron chi connectivity index (χ0n) is 12.4. The highest BCUT2D eigenvalue weighted by atomic mass is 16.4. The van der Waals surface area contributed by atoms with Crippen LogP contribution in [-0.4, -0.2) is 35.2 Å². The lowest BCUT2D eigenvalue weighted by Gasteiger charge is -2.24. The van der Waals surface area contributed by atoms with E-state index >= 15 is 0 Å². The molecule has 0 amide bonds. The zero-order chi connectivity index (χ0) is 15.7. The molecule has 5 heteroatoms. The largest absolute Gasteiger partial charge is 0.481 e. The Morgan fingerprint density at radius 1 is 1.10 bits per heavy atom. The van der Waals surface area contributed by atoms with Gasteiger partial charge in [0, 0.05) is 18.8 Å². The normalized spacial score (nSPS) is 10.3. The molecule has 0 saturated carbocycles. The summed E-state index contributed by atoms with van der Waals surface area (Å²) in [5.74, 6) is -1.82. The molecule has 21 heavy (non-hydrogen) atoms. The maximum Gasteiger partial charge on any atom is 0.335 e. The van der Waals surface area contributed by atoms with Gasteiger partial charge in [-0.3, -0.25) is 4.79 Å². The number of hydrogen-bond donors (Lipinski definition) is 2. The van der Waals surface area contributed by atoms with E-state index in [-0.39, 0.29) is 12.0 Å². The Morgan fingerprint density at radius 3 is 2.48 bits per heavy atom. The lowest BCUT2D eigenvalue weighted by Crippen LogP contribution is -2.27. The molecule has 0 bridgehead atoms. The van der Waals surface area contributed by atoms with Crippen molar-refractivity contribution in [1.29, 1.82) is 0 Å². The van der Waals surface area contributed by atoms with Gasteiger partial charge in [0.25, 0.3) is 0 Å². The topological polar surface area (TPSA) is 77.8 Å². The molecule has 116 valence electrons. The number of aliphatic carboxylic acids is 1. The zero-order valence-corrected chi connectivity index (χ0v) is 12.4. The van der Waals surface area contributed by atoms with Crippen LogP contribution in [0.15, 0.2) is 24.3 Å². The van der Waals surface area contributed by atoms with Crippen LogP contribution >= 0.6 is 0 Å². The minimum atomic E-state index is -0.971. The number of rotatable bonds is 10. The van der Waals surface area contributed by atoms with E-state index in [0.29, 0.717) is 6.54 Å². The van der Waals surface area contributed by atoms with E-state index in [1.165, 1.54) is 6.07 Å². The predicted molar refractivity (Wildman–Crippen MR) is 82.0 cm³/mol. The van der Waals surface area contributed by atoms with Gasteiger partial charge >= 0.3 is 11.9 Å². The van der Waals surface area contributed by atoms with Crippen molar-refractivity contribution < 1.29 is 19.8 Å². The van der Waals surface area contributed by atoms with Gasteiger partial charge < -0.3 is 15.1 Å². The summed E-state index contributed by atoms with van der Waals surface area (Å²) in [6.07, 6.45) is 4.42. The molecule has 0 radical (unpaired) electrons. The average molecular weight is 293 g/mol. The summed E-state index contributed by atoms with van der Waals surface area (Å²) in [7, 11) is 0. The van der Waals surface area contributed by atoms with Crippen LogP contribution in [0.25, 0.3) is 0 Å². The molecule has 1 rings (SSSR count). The fourth-order valence-electron chi connectivity index (χ4n) is 2.17. The van der Waals surface area contributed by atoms with Crippen LogP contribution in [0.5, 0.6) is 0 Å². The molecule has 0 saturated heterocycles. The Kier molecular flexibility index (Phi) is 7.29. The first kappa shape index (κ1) is 17.0. The van der Waals surface area contributed by atoms with Crippen molar-refractivity contribution >= 4 is 17.6 Å². The third kappa shape index (κ3) is 6.29. The Balaban J connectivity index is 2.75. The molecule has 2 N–H and O–H groups in total. The summed E-state index contributed by atoms with van der Waals surface area (Å²) in [6.45, 7) is 3.28. The Morgan fingerprint density at radius 2 is 1.86 bits per heavy atom. The molecule has 0 aliphatic carbocycles. The van der Waals surface area contributed by atoms with Gasteiger partial charge in [-0.05, 0) is 24.6 Å². The number of nitrogens with zero attached hydrogens (tertiary/aromatic N) is 1. The first-order valence-corrected chi connectivity index (χ1v) is 7.34. The van der Waals surface area contributed by atoms with E-state index in [0.717, 1.165) is 37.9 Å². The molecular formula is C16H23NO4. The third-order valence-corrected chi connectivity index (χ3v) is 3.34. The highest BCUT2D eigenvalue weighted by Gasteiger charge is 2.11.